The van der Waals surface area contributed by atoms with E-state index in [2.05, 4.69) is 29.8 Å². The summed E-state index contributed by atoms with van der Waals surface area (Å²) in [5.41, 5.74) is 0.171. The molecule has 1 aliphatic carbocycles. The highest BCUT2D eigenvalue weighted by Gasteiger charge is 2.38. The van der Waals surface area contributed by atoms with Crippen LogP contribution in [-0.4, -0.2) is 25.3 Å². The van der Waals surface area contributed by atoms with Crippen molar-refractivity contribution < 1.29 is 4.74 Å². The number of methoxy groups -OCH3 is 1. The van der Waals surface area contributed by atoms with E-state index >= 15 is 0 Å². The Kier molecular flexibility index (Phi) is 4.60. The molecule has 96 valence electrons. The Hall–Kier alpha value is -0.380. The van der Waals surface area contributed by atoms with Crippen LogP contribution in [0.3, 0.4) is 0 Å². The van der Waals surface area contributed by atoms with Gasteiger partial charge in [0.15, 0.2) is 0 Å². The first kappa shape index (κ1) is 13.1. The van der Waals surface area contributed by atoms with E-state index in [1.54, 1.807) is 0 Å². The maximum atomic E-state index is 5.73. The van der Waals surface area contributed by atoms with Crippen LogP contribution in [0.1, 0.15) is 37.5 Å². The number of thiophene rings is 1. The molecule has 0 amide bonds. The van der Waals surface area contributed by atoms with E-state index < -0.39 is 0 Å². The summed E-state index contributed by atoms with van der Waals surface area (Å²) in [5, 5.41) is 5.77. The molecule has 0 bridgehead atoms. The highest BCUT2D eigenvalue weighted by Crippen LogP contribution is 2.39. The van der Waals surface area contributed by atoms with E-state index in [9.17, 15) is 0 Å². The molecule has 1 fully saturated rings. The number of hydrogen-bond donors (Lipinski definition) is 1. The summed E-state index contributed by atoms with van der Waals surface area (Å²) in [4.78, 5) is 1.47. The Balaban J connectivity index is 1.92. The topological polar surface area (TPSA) is 21.3 Å². The van der Waals surface area contributed by atoms with Gasteiger partial charge < -0.3 is 10.1 Å². The molecule has 1 N–H and O–H groups in total. The van der Waals surface area contributed by atoms with Crippen LogP contribution in [0.15, 0.2) is 17.5 Å². The second-order valence-corrected chi connectivity index (χ2v) is 6.02. The Labute approximate surface area is 108 Å². The molecule has 1 atom stereocenters. The monoisotopic (exact) mass is 253 g/mol. The average Bonchev–Trinajstić information content (AvgIpc) is 2.76. The lowest BCUT2D eigenvalue weighted by molar-refractivity contribution is -0.0832. The summed E-state index contributed by atoms with van der Waals surface area (Å²) < 4.78 is 5.73. The van der Waals surface area contributed by atoms with Gasteiger partial charge in [-0.05, 0) is 50.1 Å². The molecule has 2 rings (SSSR count). The average molecular weight is 253 g/mol. The fraction of sp³-hybridized carbons (Fsp3) is 0.714. The van der Waals surface area contributed by atoms with Crippen molar-refractivity contribution in [1.82, 2.24) is 5.32 Å². The van der Waals surface area contributed by atoms with Crippen molar-refractivity contribution >= 4 is 11.3 Å². The fourth-order valence-electron chi connectivity index (χ4n) is 2.69. The number of likely N-dealkylation sites (N-methyl/N-ethyl adjacent to an activating group) is 1. The van der Waals surface area contributed by atoms with Gasteiger partial charge in [-0.1, -0.05) is 13.0 Å². The zero-order chi connectivity index (χ0) is 12.1. The third kappa shape index (κ3) is 3.30. The maximum absolute atomic E-state index is 5.73. The first-order valence-corrected chi connectivity index (χ1v) is 7.47. The van der Waals surface area contributed by atoms with Gasteiger partial charge in [0.25, 0.3) is 0 Å². The highest BCUT2D eigenvalue weighted by atomic mass is 32.1. The largest absolute Gasteiger partial charge is 0.378 e. The first-order valence-electron chi connectivity index (χ1n) is 6.59. The predicted molar refractivity (Wildman–Crippen MR) is 73.7 cm³/mol. The van der Waals surface area contributed by atoms with Crippen molar-refractivity contribution in [2.45, 2.75) is 50.7 Å². The second-order valence-electron chi connectivity index (χ2n) is 4.98. The fourth-order valence-corrected chi connectivity index (χ4v) is 3.47. The highest BCUT2D eigenvalue weighted by molar-refractivity contribution is 7.09. The summed E-state index contributed by atoms with van der Waals surface area (Å²) in [6.45, 7) is 3.22. The zero-order valence-electron chi connectivity index (χ0n) is 10.9. The number of hydrogen-bond acceptors (Lipinski definition) is 3. The van der Waals surface area contributed by atoms with Crippen molar-refractivity contribution in [2.24, 2.45) is 0 Å². The van der Waals surface area contributed by atoms with Gasteiger partial charge in [0.1, 0.15) is 0 Å². The van der Waals surface area contributed by atoms with Gasteiger partial charge in [-0.3, -0.25) is 0 Å². The molecule has 0 saturated heterocycles. The van der Waals surface area contributed by atoms with Gasteiger partial charge >= 0.3 is 0 Å². The van der Waals surface area contributed by atoms with Crippen molar-refractivity contribution in [1.29, 1.82) is 0 Å². The molecule has 1 saturated carbocycles. The van der Waals surface area contributed by atoms with E-state index in [0.29, 0.717) is 6.04 Å². The van der Waals surface area contributed by atoms with E-state index in [-0.39, 0.29) is 5.60 Å². The molecule has 0 spiro atoms. The molecule has 1 aromatic heterocycles. The van der Waals surface area contributed by atoms with Gasteiger partial charge in [-0.25, -0.2) is 0 Å². The smallest absolute Gasteiger partial charge is 0.0693 e. The first-order chi connectivity index (χ1) is 8.28. The standard InChI is InChI=1S/C14H23NOS/c1-3-15-12(10-13-6-4-9-17-13)11-14(16-2)7-5-8-14/h4,6,9,12,15H,3,5,7-8,10-11H2,1-2H3. The molecule has 1 unspecified atom stereocenters. The van der Waals surface area contributed by atoms with Crippen LogP contribution in [0.25, 0.3) is 0 Å². The van der Waals surface area contributed by atoms with E-state index in [0.717, 1.165) is 19.4 Å². The molecule has 2 nitrogen and oxygen atoms in total. The molecular weight excluding hydrogens is 230 g/mol. The molecule has 3 heteroatoms. The molecule has 0 radical (unpaired) electrons. The lowest BCUT2D eigenvalue weighted by atomic mass is 9.75. The van der Waals surface area contributed by atoms with E-state index in [1.165, 1.54) is 24.1 Å². The minimum atomic E-state index is 0.171. The van der Waals surface area contributed by atoms with Crippen LogP contribution >= 0.6 is 11.3 Å². The quantitative estimate of drug-likeness (QED) is 0.805. The lowest BCUT2D eigenvalue weighted by Crippen LogP contribution is -2.46. The van der Waals surface area contributed by atoms with Crippen LogP contribution in [-0.2, 0) is 11.2 Å². The van der Waals surface area contributed by atoms with Crippen LogP contribution < -0.4 is 5.32 Å². The SMILES string of the molecule is CCNC(Cc1cccs1)CC1(OC)CCC1. The Morgan fingerprint density at radius 1 is 1.53 bits per heavy atom. The summed E-state index contributed by atoms with van der Waals surface area (Å²) in [7, 11) is 1.87. The van der Waals surface area contributed by atoms with Crippen LogP contribution in [0.2, 0.25) is 0 Å². The summed E-state index contributed by atoms with van der Waals surface area (Å²) in [6.07, 6.45) is 6.07. The summed E-state index contributed by atoms with van der Waals surface area (Å²) in [6, 6.07) is 4.92. The Morgan fingerprint density at radius 3 is 2.82 bits per heavy atom. The number of ether oxygens (including phenoxy) is 1. The third-order valence-electron chi connectivity index (χ3n) is 3.84. The number of rotatable bonds is 7. The van der Waals surface area contributed by atoms with Crippen molar-refractivity contribution in [3.8, 4) is 0 Å². The van der Waals surface area contributed by atoms with Gasteiger partial charge in [0.2, 0.25) is 0 Å². The maximum Gasteiger partial charge on any atom is 0.0693 e. The van der Waals surface area contributed by atoms with E-state index in [1.807, 2.05) is 18.4 Å². The number of nitrogens with one attached hydrogen (secondary N) is 1. The van der Waals surface area contributed by atoms with E-state index in [4.69, 9.17) is 4.74 Å². The van der Waals surface area contributed by atoms with Crippen LogP contribution in [0.4, 0.5) is 0 Å². The van der Waals surface area contributed by atoms with Crippen molar-refractivity contribution in [3.63, 3.8) is 0 Å². The van der Waals surface area contributed by atoms with Crippen molar-refractivity contribution in [3.05, 3.63) is 22.4 Å². The summed E-state index contributed by atoms with van der Waals surface area (Å²) in [5.74, 6) is 0. The van der Waals surface area contributed by atoms with Crippen LogP contribution in [0.5, 0.6) is 0 Å². The molecule has 0 aliphatic heterocycles. The van der Waals surface area contributed by atoms with Gasteiger partial charge in [-0.2, -0.15) is 0 Å². The third-order valence-corrected chi connectivity index (χ3v) is 4.74. The summed E-state index contributed by atoms with van der Waals surface area (Å²) >= 11 is 1.86. The molecule has 17 heavy (non-hydrogen) atoms. The molecule has 0 aromatic carbocycles. The van der Waals surface area contributed by atoms with Crippen LogP contribution in [0, 0.1) is 0 Å². The van der Waals surface area contributed by atoms with Crippen molar-refractivity contribution in [2.75, 3.05) is 13.7 Å². The van der Waals surface area contributed by atoms with Gasteiger partial charge in [0, 0.05) is 18.0 Å². The normalized spacial score (nSPS) is 19.9. The predicted octanol–water partition coefficient (Wildman–Crippen LogP) is 3.23. The van der Waals surface area contributed by atoms with Gasteiger partial charge in [-0.15, -0.1) is 11.3 Å². The zero-order valence-corrected chi connectivity index (χ0v) is 11.7. The minimum Gasteiger partial charge on any atom is -0.378 e. The molecule has 1 heterocycles. The minimum absolute atomic E-state index is 0.171. The Bertz CT molecular complexity index is 313. The second kappa shape index (κ2) is 5.98. The van der Waals surface area contributed by atoms with Gasteiger partial charge in [0.05, 0.1) is 5.60 Å². The Morgan fingerprint density at radius 2 is 2.35 bits per heavy atom. The molecule has 1 aromatic rings. The molecular formula is C14H23NOS. The molecule has 1 aliphatic rings. The lowest BCUT2D eigenvalue weighted by Gasteiger charge is -2.43.